The predicted octanol–water partition coefficient (Wildman–Crippen LogP) is 7.31. The Morgan fingerprint density at radius 1 is 0.649 bits per heavy atom. The number of rotatable bonds is 9. The number of hydrogen-bond donors (Lipinski definition) is 0. The van der Waals surface area contributed by atoms with Gasteiger partial charge in [0.05, 0.1) is 0 Å². The van der Waals surface area contributed by atoms with Gasteiger partial charge in [-0.1, -0.05) is 95.1 Å². The van der Waals surface area contributed by atoms with Gasteiger partial charge in [0.25, 0.3) is 0 Å². The fourth-order valence-electron chi connectivity index (χ4n) is 4.13. The highest BCUT2D eigenvalue weighted by molar-refractivity contribution is 7.80. The lowest BCUT2D eigenvalue weighted by Gasteiger charge is -2.31. The van der Waals surface area contributed by atoms with E-state index < -0.39 is 7.92 Å². The second-order valence-corrected chi connectivity index (χ2v) is 13.9. The normalized spacial score (nSPS) is 12.2. The lowest BCUT2D eigenvalue weighted by Crippen LogP contribution is -2.28. The molecule has 0 saturated heterocycles. The molecular formula is C30H37Cl2O4P. The average molecular weight is 564 g/mol. The molecule has 3 aromatic rings. The molecule has 0 aliphatic carbocycles. The molecule has 0 aliphatic rings. The molecule has 4 nitrogen and oxygen atoms in total. The van der Waals surface area contributed by atoms with Gasteiger partial charge in [-0.2, -0.15) is 0 Å². The molecule has 7 heteroatoms. The Balaban J connectivity index is 2.47. The third-order valence-corrected chi connectivity index (χ3v) is 8.70. The van der Waals surface area contributed by atoms with Gasteiger partial charge in [-0.25, -0.2) is 0 Å². The molecule has 0 saturated carbocycles. The number of ether oxygens (including phenoxy) is 4. The van der Waals surface area contributed by atoms with Gasteiger partial charge >= 0.3 is 0 Å². The number of benzene rings is 3. The topological polar surface area (TPSA) is 36.9 Å². The van der Waals surface area contributed by atoms with Crippen molar-refractivity contribution in [1.29, 1.82) is 0 Å². The summed E-state index contributed by atoms with van der Waals surface area (Å²) < 4.78 is 23.3. The first-order valence-electron chi connectivity index (χ1n) is 12.1. The number of hydrogen-bond acceptors (Lipinski definition) is 4. The summed E-state index contributed by atoms with van der Waals surface area (Å²) in [6.45, 7) is 13.1. The van der Waals surface area contributed by atoms with Crippen LogP contribution in [0.3, 0.4) is 0 Å². The third kappa shape index (κ3) is 7.19. The molecule has 0 N–H and O–H groups in total. The maximum atomic E-state index is 6.79. The van der Waals surface area contributed by atoms with Gasteiger partial charge in [-0.05, 0) is 48.3 Å². The van der Waals surface area contributed by atoms with Crippen LogP contribution in [0.4, 0.5) is 0 Å². The van der Waals surface area contributed by atoms with Crippen LogP contribution < -0.4 is 25.4 Å². The molecule has 3 aromatic carbocycles. The summed E-state index contributed by atoms with van der Waals surface area (Å²) in [5, 5.41) is 4.35. The molecule has 0 heterocycles. The highest BCUT2D eigenvalue weighted by Crippen LogP contribution is 2.46. The molecule has 0 aliphatic heterocycles. The zero-order chi connectivity index (χ0) is 27.4. The highest BCUT2D eigenvalue weighted by atomic mass is 35.5. The first-order valence-corrected chi connectivity index (χ1v) is 14.2. The quantitative estimate of drug-likeness (QED) is 0.202. The van der Waals surface area contributed by atoms with E-state index in [-0.39, 0.29) is 24.4 Å². The standard InChI is InChI=1S/C30H37Cl2O4P/c1-29(2,3)23-14-20(31)16-25(27(23)35-18-33-7)37(22-12-10-9-11-13-22)26-17-21(32)15-24(30(4,5)6)28(26)36-19-34-8/h9-17H,18-19H2,1-8H3. The van der Waals surface area contributed by atoms with E-state index >= 15 is 0 Å². The van der Waals surface area contributed by atoms with Gasteiger partial charge in [0, 0.05) is 46.0 Å². The molecule has 0 radical (unpaired) electrons. The van der Waals surface area contributed by atoms with Gasteiger partial charge < -0.3 is 18.9 Å². The Morgan fingerprint density at radius 3 is 1.41 bits per heavy atom. The fourth-order valence-corrected chi connectivity index (χ4v) is 7.32. The molecule has 0 unspecified atom stereocenters. The monoisotopic (exact) mass is 562 g/mol. The Bertz CT molecular complexity index is 1130. The van der Waals surface area contributed by atoms with Gasteiger partial charge in [0.1, 0.15) is 11.5 Å². The van der Waals surface area contributed by atoms with Crippen LogP contribution in [-0.2, 0) is 20.3 Å². The van der Waals surface area contributed by atoms with Crippen molar-refractivity contribution in [1.82, 2.24) is 0 Å². The van der Waals surface area contributed by atoms with E-state index in [1.54, 1.807) is 14.2 Å². The van der Waals surface area contributed by atoms with Crippen LogP contribution in [0.15, 0.2) is 54.6 Å². The highest BCUT2D eigenvalue weighted by Gasteiger charge is 2.32. The first kappa shape index (κ1) is 29.7. The van der Waals surface area contributed by atoms with Crippen LogP contribution in [0, 0.1) is 0 Å². The fraction of sp³-hybridized carbons (Fsp3) is 0.400. The lowest BCUT2D eigenvalue weighted by molar-refractivity contribution is 0.0506. The minimum absolute atomic E-state index is 0.117. The van der Waals surface area contributed by atoms with E-state index in [1.807, 2.05) is 42.5 Å². The van der Waals surface area contributed by atoms with Crippen molar-refractivity contribution < 1.29 is 18.9 Å². The number of methoxy groups -OCH3 is 2. The van der Waals surface area contributed by atoms with E-state index in [2.05, 4.69) is 53.7 Å². The largest absolute Gasteiger partial charge is 0.467 e. The molecule has 0 bridgehead atoms. The molecule has 3 rings (SSSR count). The second kappa shape index (κ2) is 12.4. The van der Waals surface area contributed by atoms with E-state index in [0.29, 0.717) is 10.0 Å². The molecular weight excluding hydrogens is 526 g/mol. The summed E-state index contributed by atoms with van der Waals surface area (Å²) in [5.74, 6) is 1.53. The predicted molar refractivity (Wildman–Crippen MR) is 158 cm³/mol. The van der Waals surface area contributed by atoms with Crippen LogP contribution >= 0.6 is 31.1 Å². The van der Waals surface area contributed by atoms with Crippen molar-refractivity contribution in [2.75, 3.05) is 27.8 Å². The van der Waals surface area contributed by atoms with Crippen molar-refractivity contribution in [3.05, 3.63) is 75.8 Å². The Hall–Kier alpha value is -1.81. The summed E-state index contributed by atoms with van der Waals surface area (Å²) in [7, 11) is 2.03. The number of halogens is 2. The van der Waals surface area contributed by atoms with Crippen molar-refractivity contribution in [2.45, 2.75) is 52.4 Å². The Labute approximate surface area is 232 Å². The maximum absolute atomic E-state index is 6.79. The van der Waals surface area contributed by atoms with E-state index in [0.717, 1.165) is 38.5 Å². The Morgan fingerprint density at radius 2 is 1.05 bits per heavy atom. The molecule has 0 spiro atoms. The zero-order valence-electron chi connectivity index (χ0n) is 22.9. The summed E-state index contributed by atoms with van der Waals surface area (Å²) in [6.07, 6.45) is 0. The molecule has 0 aromatic heterocycles. The third-order valence-electron chi connectivity index (χ3n) is 5.82. The summed E-state index contributed by atoms with van der Waals surface area (Å²) in [4.78, 5) is 0. The van der Waals surface area contributed by atoms with Crippen LogP contribution in [0.1, 0.15) is 52.7 Å². The molecule has 0 amide bonds. The smallest absolute Gasteiger partial charge is 0.188 e. The van der Waals surface area contributed by atoms with Crippen molar-refractivity contribution in [2.24, 2.45) is 0 Å². The molecule has 200 valence electrons. The van der Waals surface area contributed by atoms with E-state index in [9.17, 15) is 0 Å². The minimum Gasteiger partial charge on any atom is -0.467 e. The summed E-state index contributed by atoms with van der Waals surface area (Å²) in [6, 6.07) is 18.3. The van der Waals surface area contributed by atoms with Crippen LogP contribution in [0.5, 0.6) is 11.5 Å². The molecule has 0 fully saturated rings. The van der Waals surface area contributed by atoms with Gasteiger partial charge in [-0.3, -0.25) is 0 Å². The van der Waals surface area contributed by atoms with Crippen LogP contribution in [0.2, 0.25) is 10.0 Å². The van der Waals surface area contributed by atoms with Crippen molar-refractivity contribution in [3.63, 3.8) is 0 Å². The second-order valence-electron chi connectivity index (χ2n) is 10.9. The SMILES string of the molecule is COCOc1c(P(c2ccccc2)c2cc(Cl)cc(C(C)(C)C)c2OCOC)cc(Cl)cc1C(C)(C)C. The van der Waals surface area contributed by atoms with Crippen LogP contribution in [0.25, 0.3) is 0 Å². The first-order chi connectivity index (χ1) is 17.4. The maximum Gasteiger partial charge on any atom is 0.188 e. The molecule has 0 atom stereocenters. The summed E-state index contributed by atoms with van der Waals surface area (Å²) in [5.41, 5.74) is 1.57. The van der Waals surface area contributed by atoms with E-state index in [4.69, 9.17) is 42.1 Å². The van der Waals surface area contributed by atoms with Gasteiger partial charge in [0.2, 0.25) is 0 Å². The van der Waals surface area contributed by atoms with Gasteiger partial charge in [-0.15, -0.1) is 0 Å². The van der Waals surface area contributed by atoms with E-state index in [1.165, 1.54) is 0 Å². The zero-order valence-corrected chi connectivity index (χ0v) is 25.4. The molecule has 37 heavy (non-hydrogen) atoms. The Kier molecular flexibility index (Phi) is 9.94. The summed E-state index contributed by atoms with van der Waals surface area (Å²) >= 11 is 13.6. The minimum atomic E-state index is -1.21. The lowest BCUT2D eigenvalue weighted by atomic mass is 9.86. The average Bonchev–Trinajstić information content (AvgIpc) is 2.82. The van der Waals surface area contributed by atoms with Crippen molar-refractivity contribution >= 4 is 47.0 Å². The van der Waals surface area contributed by atoms with Crippen LogP contribution in [-0.4, -0.2) is 27.8 Å². The van der Waals surface area contributed by atoms with Crippen molar-refractivity contribution in [3.8, 4) is 11.5 Å². The van der Waals surface area contributed by atoms with Gasteiger partial charge in [0.15, 0.2) is 13.6 Å².